The Labute approximate surface area is 116 Å². The fourth-order valence-corrected chi connectivity index (χ4v) is 2.43. The summed E-state index contributed by atoms with van der Waals surface area (Å²) in [5, 5.41) is 0. The number of fused-ring (bicyclic) bond motifs is 1. The third kappa shape index (κ3) is 2.71. The number of unbranched alkanes of at least 4 members (excludes halogenated alkanes) is 4. The predicted molar refractivity (Wildman–Crippen MR) is 71.8 cm³/mol. The Kier molecular flexibility index (Phi) is 4.47. The van der Waals surface area contributed by atoms with E-state index in [-0.39, 0.29) is 11.3 Å². The number of hydrogen-bond acceptors (Lipinski definition) is 2. The highest BCUT2D eigenvalue weighted by Gasteiger charge is 2.38. The van der Waals surface area contributed by atoms with Gasteiger partial charge in [0.05, 0.1) is 11.3 Å². The van der Waals surface area contributed by atoms with Crippen molar-refractivity contribution in [3.63, 3.8) is 0 Å². The van der Waals surface area contributed by atoms with Gasteiger partial charge in [-0.2, -0.15) is 0 Å². The molecular formula is C15H17F2NO2. The third-order valence-electron chi connectivity index (χ3n) is 3.48. The number of carbonyl (C=O) groups is 2. The molecule has 0 saturated heterocycles. The van der Waals surface area contributed by atoms with Crippen LogP contribution < -0.4 is 4.90 Å². The van der Waals surface area contributed by atoms with E-state index in [4.69, 9.17) is 0 Å². The Bertz CT molecular complexity index is 543. The number of nitrogens with zero attached hydrogens (tertiary/aromatic N) is 1. The van der Waals surface area contributed by atoms with Crippen molar-refractivity contribution in [1.29, 1.82) is 0 Å². The molecule has 108 valence electrons. The largest absolute Gasteiger partial charge is 0.305 e. The molecule has 1 heterocycles. The summed E-state index contributed by atoms with van der Waals surface area (Å²) in [6.45, 7) is 2.43. The lowest BCUT2D eigenvalue weighted by atomic mass is 10.1. The minimum atomic E-state index is -0.966. The van der Waals surface area contributed by atoms with E-state index in [1.165, 1.54) is 4.90 Å². The average Bonchev–Trinajstić information content (AvgIpc) is 2.63. The highest BCUT2D eigenvalue weighted by atomic mass is 19.1. The molecule has 1 aliphatic rings. The second kappa shape index (κ2) is 6.11. The summed E-state index contributed by atoms with van der Waals surface area (Å²) in [5.74, 6) is -3.39. The van der Waals surface area contributed by atoms with Crippen LogP contribution in [0.1, 0.15) is 49.4 Å². The number of anilines is 1. The van der Waals surface area contributed by atoms with Crippen molar-refractivity contribution < 1.29 is 18.4 Å². The molecule has 0 atom stereocenters. The van der Waals surface area contributed by atoms with Crippen molar-refractivity contribution in [2.75, 3.05) is 11.4 Å². The molecule has 0 saturated carbocycles. The average molecular weight is 281 g/mol. The summed E-state index contributed by atoms with van der Waals surface area (Å²) in [6.07, 6.45) is 4.93. The van der Waals surface area contributed by atoms with Crippen molar-refractivity contribution in [2.45, 2.75) is 39.0 Å². The minimum Gasteiger partial charge on any atom is -0.305 e. The zero-order valence-corrected chi connectivity index (χ0v) is 11.4. The lowest BCUT2D eigenvalue weighted by Crippen LogP contribution is -2.30. The van der Waals surface area contributed by atoms with Crippen LogP contribution >= 0.6 is 0 Å². The van der Waals surface area contributed by atoms with Crippen LogP contribution in [0.5, 0.6) is 0 Å². The molecule has 0 fully saturated rings. The second-order valence-electron chi connectivity index (χ2n) is 4.98. The van der Waals surface area contributed by atoms with E-state index in [1.54, 1.807) is 0 Å². The van der Waals surface area contributed by atoms with Gasteiger partial charge in [-0.25, -0.2) is 8.78 Å². The van der Waals surface area contributed by atoms with Crippen molar-refractivity contribution >= 4 is 17.4 Å². The Hall–Kier alpha value is -1.78. The Balaban J connectivity index is 2.12. The molecule has 1 aliphatic heterocycles. The van der Waals surface area contributed by atoms with Crippen LogP contribution in [0.25, 0.3) is 0 Å². The fourth-order valence-electron chi connectivity index (χ4n) is 2.43. The molecule has 0 N–H and O–H groups in total. The second-order valence-corrected chi connectivity index (χ2v) is 4.98. The van der Waals surface area contributed by atoms with Crippen LogP contribution in [0.2, 0.25) is 0 Å². The Morgan fingerprint density at radius 3 is 2.45 bits per heavy atom. The standard InChI is InChI=1S/C15H17F2NO2/c1-2-3-4-5-6-7-18-12-9-10(16)8-11(17)13(12)14(19)15(18)20/h8-9H,2-7H2,1H3. The van der Waals surface area contributed by atoms with Crippen LogP contribution in [0.3, 0.4) is 0 Å². The van der Waals surface area contributed by atoms with E-state index in [1.807, 2.05) is 0 Å². The first-order chi connectivity index (χ1) is 9.56. The predicted octanol–water partition coefficient (Wildman–Crippen LogP) is 3.46. The van der Waals surface area contributed by atoms with Gasteiger partial charge >= 0.3 is 0 Å². The molecule has 0 aromatic heterocycles. The maximum Gasteiger partial charge on any atom is 0.299 e. The molecular weight excluding hydrogens is 264 g/mol. The Morgan fingerprint density at radius 1 is 1.05 bits per heavy atom. The monoisotopic (exact) mass is 281 g/mol. The number of Topliss-reactive ketones (excluding diaryl/α,β-unsaturated/α-hetero) is 1. The van der Waals surface area contributed by atoms with E-state index in [2.05, 4.69) is 6.92 Å². The van der Waals surface area contributed by atoms with Crippen molar-refractivity contribution in [3.8, 4) is 0 Å². The normalized spacial score (nSPS) is 14.1. The SMILES string of the molecule is CCCCCCCN1C(=O)C(=O)c2c(F)cc(F)cc21. The van der Waals surface area contributed by atoms with Crippen molar-refractivity contribution in [3.05, 3.63) is 29.3 Å². The van der Waals surface area contributed by atoms with Gasteiger partial charge in [0.1, 0.15) is 11.6 Å². The first-order valence-corrected chi connectivity index (χ1v) is 6.91. The first kappa shape index (κ1) is 14.6. The molecule has 20 heavy (non-hydrogen) atoms. The zero-order valence-electron chi connectivity index (χ0n) is 11.4. The number of hydrogen-bond donors (Lipinski definition) is 0. The summed E-state index contributed by atoms with van der Waals surface area (Å²) < 4.78 is 26.8. The summed E-state index contributed by atoms with van der Waals surface area (Å²) in [7, 11) is 0. The van der Waals surface area contributed by atoms with Crippen LogP contribution in [0.15, 0.2) is 12.1 Å². The number of amides is 1. The Morgan fingerprint density at radius 2 is 1.75 bits per heavy atom. The molecule has 5 heteroatoms. The minimum absolute atomic E-state index is 0.0630. The number of rotatable bonds is 6. The quantitative estimate of drug-likeness (QED) is 0.591. The van der Waals surface area contributed by atoms with Crippen molar-refractivity contribution in [2.24, 2.45) is 0 Å². The van der Waals surface area contributed by atoms with Gasteiger partial charge in [-0.3, -0.25) is 9.59 Å². The third-order valence-corrected chi connectivity index (χ3v) is 3.48. The van der Waals surface area contributed by atoms with Gasteiger partial charge in [0, 0.05) is 12.6 Å². The molecule has 0 aliphatic carbocycles. The number of halogens is 2. The van der Waals surface area contributed by atoms with E-state index < -0.39 is 23.3 Å². The van der Waals surface area contributed by atoms with Crippen LogP contribution in [0.4, 0.5) is 14.5 Å². The summed E-state index contributed by atoms with van der Waals surface area (Å²) in [5.41, 5.74) is -0.238. The lowest BCUT2D eigenvalue weighted by Gasteiger charge is -2.16. The molecule has 1 aromatic carbocycles. The van der Waals surface area contributed by atoms with Gasteiger partial charge in [-0.05, 0) is 12.5 Å². The molecule has 0 unspecified atom stereocenters. The first-order valence-electron chi connectivity index (χ1n) is 6.91. The van der Waals surface area contributed by atoms with Gasteiger partial charge in [-0.15, -0.1) is 0 Å². The smallest absolute Gasteiger partial charge is 0.299 e. The van der Waals surface area contributed by atoms with E-state index >= 15 is 0 Å². The topological polar surface area (TPSA) is 37.4 Å². The highest BCUT2D eigenvalue weighted by Crippen LogP contribution is 2.32. The molecule has 0 spiro atoms. The molecule has 1 aromatic rings. The maximum absolute atomic E-state index is 13.6. The summed E-state index contributed by atoms with van der Waals surface area (Å²) in [4.78, 5) is 24.7. The lowest BCUT2D eigenvalue weighted by molar-refractivity contribution is -0.114. The molecule has 0 radical (unpaired) electrons. The van der Waals surface area contributed by atoms with Gasteiger partial charge in [0.15, 0.2) is 0 Å². The van der Waals surface area contributed by atoms with Crippen LogP contribution in [-0.2, 0) is 4.79 Å². The molecule has 2 rings (SSSR count). The molecule has 1 amide bonds. The van der Waals surface area contributed by atoms with Gasteiger partial charge in [-0.1, -0.05) is 32.6 Å². The van der Waals surface area contributed by atoms with E-state index in [0.717, 1.165) is 38.2 Å². The summed E-state index contributed by atoms with van der Waals surface area (Å²) in [6, 6.07) is 1.68. The van der Waals surface area contributed by atoms with Gasteiger partial charge in [0.2, 0.25) is 0 Å². The fraction of sp³-hybridized carbons (Fsp3) is 0.467. The maximum atomic E-state index is 13.6. The number of ketones is 1. The van der Waals surface area contributed by atoms with E-state index in [9.17, 15) is 18.4 Å². The summed E-state index contributed by atoms with van der Waals surface area (Å²) >= 11 is 0. The number of carbonyl (C=O) groups excluding carboxylic acids is 2. The molecule has 3 nitrogen and oxygen atoms in total. The molecule has 0 bridgehead atoms. The number of benzene rings is 1. The van der Waals surface area contributed by atoms with Gasteiger partial charge in [0.25, 0.3) is 11.7 Å². The van der Waals surface area contributed by atoms with Gasteiger partial charge < -0.3 is 4.90 Å². The van der Waals surface area contributed by atoms with Crippen molar-refractivity contribution in [1.82, 2.24) is 0 Å². The van der Waals surface area contributed by atoms with E-state index in [0.29, 0.717) is 12.6 Å². The highest BCUT2D eigenvalue weighted by molar-refractivity contribution is 6.52. The van der Waals surface area contributed by atoms with Crippen LogP contribution in [0, 0.1) is 11.6 Å². The van der Waals surface area contributed by atoms with Crippen LogP contribution in [-0.4, -0.2) is 18.2 Å². The zero-order chi connectivity index (χ0) is 14.7.